The topological polar surface area (TPSA) is 38.3 Å². The van der Waals surface area contributed by atoms with Gasteiger partial charge in [-0.1, -0.05) is 54.6 Å². The van der Waals surface area contributed by atoms with Crippen LogP contribution in [0.3, 0.4) is 0 Å². The second-order valence-electron chi connectivity index (χ2n) is 6.55. The van der Waals surface area contributed by atoms with Gasteiger partial charge in [0.1, 0.15) is 5.75 Å². The molecule has 1 amide bonds. The number of allylic oxidation sites excluding steroid dienone is 1. The van der Waals surface area contributed by atoms with Crippen LogP contribution in [0.1, 0.15) is 27.9 Å². The van der Waals surface area contributed by atoms with Crippen LogP contribution in [-0.2, 0) is 6.42 Å². The zero-order chi connectivity index (χ0) is 18.6. The van der Waals surface area contributed by atoms with Crippen molar-refractivity contribution in [3.8, 4) is 16.9 Å². The zero-order valence-electron chi connectivity index (χ0n) is 15.2. The van der Waals surface area contributed by atoms with Gasteiger partial charge in [-0.15, -0.1) is 0 Å². The van der Waals surface area contributed by atoms with E-state index in [1.807, 2.05) is 24.3 Å². The maximum atomic E-state index is 12.5. The number of carbonyl (C=O) groups is 1. The maximum Gasteiger partial charge on any atom is 0.259 e. The van der Waals surface area contributed by atoms with Gasteiger partial charge in [0, 0.05) is 5.69 Å². The number of rotatable bonds is 4. The minimum atomic E-state index is -0.180. The monoisotopic (exact) mass is 355 g/mol. The van der Waals surface area contributed by atoms with Gasteiger partial charge in [-0.2, -0.15) is 0 Å². The third-order valence-corrected chi connectivity index (χ3v) is 4.87. The van der Waals surface area contributed by atoms with Gasteiger partial charge in [0.15, 0.2) is 0 Å². The second kappa shape index (κ2) is 7.50. The molecule has 0 bridgehead atoms. The standard InChI is InChI=1S/C24H21NO2/c1-27-23-12-5-4-10-22(23)24(26)25-19-15-13-18(14-16-19)21-11-6-8-17-7-2-3-9-20(17)21/h3-6,8-16H,2,7H2,1H3,(H,25,26). The Balaban J connectivity index is 1.57. The van der Waals surface area contributed by atoms with Crippen molar-refractivity contribution in [2.75, 3.05) is 12.4 Å². The first-order chi connectivity index (χ1) is 13.3. The summed E-state index contributed by atoms with van der Waals surface area (Å²) < 4.78 is 5.27. The fraction of sp³-hybridized carbons (Fsp3) is 0.125. The van der Waals surface area contributed by atoms with E-state index < -0.39 is 0 Å². The van der Waals surface area contributed by atoms with E-state index in [2.05, 4.69) is 47.8 Å². The highest BCUT2D eigenvalue weighted by atomic mass is 16.5. The predicted molar refractivity (Wildman–Crippen MR) is 110 cm³/mol. The highest BCUT2D eigenvalue weighted by molar-refractivity contribution is 6.06. The fourth-order valence-corrected chi connectivity index (χ4v) is 3.48. The minimum absolute atomic E-state index is 0.180. The van der Waals surface area contributed by atoms with E-state index in [0.717, 1.165) is 24.1 Å². The van der Waals surface area contributed by atoms with Crippen LogP contribution in [0.15, 0.2) is 72.8 Å². The number of hydrogen-bond acceptors (Lipinski definition) is 2. The van der Waals surface area contributed by atoms with Crippen LogP contribution in [0.4, 0.5) is 5.69 Å². The Morgan fingerprint density at radius 3 is 2.59 bits per heavy atom. The first-order valence-electron chi connectivity index (χ1n) is 9.09. The van der Waals surface area contributed by atoms with E-state index in [0.29, 0.717) is 11.3 Å². The van der Waals surface area contributed by atoms with Gasteiger partial charge in [0.25, 0.3) is 5.91 Å². The Morgan fingerprint density at radius 2 is 1.78 bits per heavy atom. The van der Waals surface area contributed by atoms with Gasteiger partial charge in [-0.3, -0.25) is 4.79 Å². The van der Waals surface area contributed by atoms with Gasteiger partial charge < -0.3 is 10.1 Å². The van der Waals surface area contributed by atoms with Gasteiger partial charge in [0.05, 0.1) is 12.7 Å². The summed E-state index contributed by atoms with van der Waals surface area (Å²) in [7, 11) is 1.57. The van der Waals surface area contributed by atoms with Gasteiger partial charge in [0.2, 0.25) is 0 Å². The highest BCUT2D eigenvalue weighted by Crippen LogP contribution is 2.31. The molecule has 0 spiro atoms. The average molecular weight is 355 g/mol. The first kappa shape index (κ1) is 17.1. The number of hydrogen-bond donors (Lipinski definition) is 1. The molecule has 0 atom stereocenters. The SMILES string of the molecule is COc1ccccc1C(=O)Nc1ccc(-c2cccc3c2C=CCC3)cc1. The van der Waals surface area contributed by atoms with E-state index in [1.165, 1.54) is 16.7 Å². The number of carbonyl (C=O) groups excluding carboxylic acids is 1. The first-order valence-corrected chi connectivity index (χ1v) is 9.09. The van der Waals surface area contributed by atoms with Gasteiger partial charge in [-0.25, -0.2) is 0 Å². The molecule has 0 saturated heterocycles. The van der Waals surface area contributed by atoms with Crippen molar-refractivity contribution in [1.29, 1.82) is 0 Å². The largest absolute Gasteiger partial charge is 0.496 e. The molecule has 3 heteroatoms. The van der Waals surface area contributed by atoms with E-state index in [-0.39, 0.29) is 5.91 Å². The molecule has 0 saturated carbocycles. The fourth-order valence-electron chi connectivity index (χ4n) is 3.48. The maximum absolute atomic E-state index is 12.5. The summed E-state index contributed by atoms with van der Waals surface area (Å²) in [4.78, 5) is 12.5. The molecule has 0 aromatic heterocycles. The van der Waals surface area contributed by atoms with Crippen LogP contribution in [-0.4, -0.2) is 13.0 Å². The van der Waals surface area contributed by atoms with E-state index >= 15 is 0 Å². The lowest BCUT2D eigenvalue weighted by atomic mass is 9.90. The molecule has 1 aliphatic rings. The number of anilines is 1. The molecule has 0 aliphatic heterocycles. The Kier molecular flexibility index (Phi) is 4.75. The molecule has 3 nitrogen and oxygen atoms in total. The molecule has 27 heavy (non-hydrogen) atoms. The number of methoxy groups -OCH3 is 1. The van der Waals surface area contributed by atoms with Crippen LogP contribution in [0.25, 0.3) is 17.2 Å². The summed E-state index contributed by atoms with van der Waals surface area (Å²) in [5, 5.41) is 2.94. The molecule has 1 N–H and O–H groups in total. The number of aryl methyl sites for hydroxylation is 1. The van der Waals surface area contributed by atoms with Crippen molar-refractivity contribution < 1.29 is 9.53 Å². The quantitative estimate of drug-likeness (QED) is 0.664. The van der Waals surface area contributed by atoms with Crippen molar-refractivity contribution in [1.82, 2.24) is 0 Å². The molecule has 3 aromatic carbocycles. The Bertz CT molecular complexity index is 1000. The van der Waals surface area contributed by atoms with Crippen LogP contribution < -0.4 is 10.1 Å². The normalized spacial score (nSPS) is 12.3. The molecule has 0 fully saturated rings. The molecule has 0 unspecified atom stereocenters. The number of nitrogens with one attached hydrogen (secondary N) is 1. The minimum Gasteiger partial charge on any atom is -0.496 e. The zero-order valence-corrected chi connectivity index (χ0v) is 15.2. The lowest BCUT2D eigenvalue weighted by molar-refractivity contribution is 0.102. The molecule has 4 rings (SSSR count). The van der Waals surface area contributed by atoms with Crippen LogP contribution >= 0.6 is 0 Å². The molecule has 134 valence electrons. The number of benzene rings is 3. The van der Waals surface area contributed by atoms with Crippen molar-refractivity contribution in [2.45, 2.75) is 12.8 Å². The summed E-state index contributed by atoms with van der Waals surface area (Å²) in [6, 6.07) is 21.7. The van der Waals surface area contributed by atoms with Crippen LogP contribution in [0, 0.1) is 0 Å². The highest BCUT2D eigenvalue weighted by Gasteiger charge is 2.13. The van der Waals surface area contributed by atoms with Gasteiger partial charge in [-0.05, 0) is 59.4 Å². The third kappa shape index (κ3) is 3.49. The molecule has 3 aromatic rings. The van der Waals surface area contributed by atoms with E-state index in [9.17, 15) is 4.79 Å². The third-order valence-electron chi connectivity index (χ3n) is 4.87. The van der Waals surface area contributed by atoms with Crippen LogP contribution in [0.5, 0.6) is 5.75 Å². The molecule has 0 radical (unpaired) electrons. The number of fused-ring (bicyclic) bond motifs is 1. The van der Waals surface area contributed by atoms with Crippen molar-refractivity contribution in [2.24, 2.45) is 0 Å². The molecular weight excluding hydrogens is 334 g/mol. The smallest absolute Gasteiger partial charge is 0.259 e. The molecule has 0 heterocycles. The lowest BCUT2D eigenvalue weighted by Gasteiger charge is -2.15. The second-order valence-corrected chi connectivity index (χ2v) is 6.55. The van der Waals surface area contributed by atoms with Crippen molar-refractivity contribution in [3.05, 3.63) is 89.5 Å². The number of para-hydroxylation sites is 1. The predicted octanol–water partition coefficient (Wildman–Crippen LogP) is 5.57. The Labute approximate surface area is 159 Å². The Hall–Kier alpha value is -3.33. The summed E-state index contributed by atoms with van der Waals surface area (Å²) in [6.45, 7) is 0. The lowest BCUT2D eigenvalue weighted by Crippen LogP contribution is -2.13. The average Bonchev–Trinajstić information content (AvgIpc) is 2.74. The molecular formula is C24H21NO2. The van der Waals surface area contributed by atoms with E-state index in [4.69, 9.17) is 4.74 Å². The summed E-state index contributed by atoms with van der Waals surface area (Å²) in [5.41, 5.74) is 6.35. The van der Waals surface area contributed by atoms with Crippen molar-refractivity contribution >= 4 is 17.7 Å². The Morgan fingerprint density at radius 1 is 0.963 bits per heavy atom. The number of amides is 1. The summed E-state index contributed by atoms with van der Waals surface area (Å²) in [6.07, 6.45) is 6.64. The van der Waals surface area contributed by atoms with Gasteiger partial charge >= 0.3 is 0 Å². The van der Waals surface area contributed by atoms with Crippen LogP contribution in [0.2, 0.25) is 0 Å². The summed E-state index contributed by atoms with van der Waals surface area (Å²) >= 11 is 0. The molecule has 1 aliphatic carbocycles. The van der Waals surface area contributed by atoms with E-state index in [1.54, 1.807) is 19.2 Å². The summed E-state index contributed by atoms with van der Waals surface area (Å²) in [5.74, 6) is 0.384. The van der Waals surface area contributed by atoms with Crippen molar-refractivity contribution in [3.63, 3.8) is 0 Å². The number of ether oxygens (including phenoxy) is 1.